The number of rotatable bonds is 7. The van der Waals surface area contributed by atoms with E-state index in [1.54, 1.807) is 0 Å². The first-order valence-corrected chi connectivity index (χ1v) is 4.93. The number of aldehydes is 1. The van der Waals surface area contributed by atoms with Crippen molar-refractivity contribution in [1.82, 2.24) is 4.90 Å². The van der Waals surface area contributed by atoms with E-state index in [0.717, 1.165) is 32.2 Å². The fourth-order valence-electron chi connectivity index (χ4n) is 1.12. The molecule has 0 radical (unpaired) electrons. The SMILES string of the molecule is CCN(C)CCC(C)(N)CCC=O. The molecule has 13 heavy (non-hydrogen) atoms. The Morgan fingerprint density at radius 2 is 2.08 bits per heavy atom. The van der Waals surface area contributed by atoms with Crippen LogP contribution in [0.3, 0.4) is 0 Å². The average Bonchev–Trinajstić information content (AvgIpc) is 2.11. The van der Waals surface area contributed by atoms with Crippen molar-refractivity contribution in [2.75, 3.05) is 20.1 Å². The van der Waals surface area contributed by atoms with Crippen molar-refractivity contribution in [3.05, 3.63) is 0 Å². The number of carbonyl (C=O) groups excluding carboxylic acids is 1. The van der Waals surface area contributed by atoms with Crippen molar-refractivity contribution in [3.63, 3.8) is 0 Å². The molecule has 2 N–H and O–H groups in total. The normalized spacial score (nSPS) is 15.8. The number of nitrogens with two attached hydrogens (primary N) is 1. The molecule has 0 heterocycles. The lowest BCUT2D eigenvalue weighted by molar-refractivity contribution is -0.108. The van der Waals surface area contributed by atoms with Gasteiger partial charge in [0.25, 0.3) is 0 Å². The summed E-state index contributed by atoms with van der Waals surface area (Å²) in [7, 11) is 2.08. The molecule has 3 heteroatoms. The van der Waals surface area contributed by atoms with E-state index < -0.39 is 0 Å². The second kappa shape index (κ2) is 6.11. The van der Waals surface area contributed by atoms with Gasteiger partial charge in [0, 0.05) is 12.0 Å². The van der Waals surface area contributed by atoms with Gasteiger partial charge in [-0.05, 0) is 39.9 Å². The molecule has 0 aliphatic heterocycles. The highest BCUT2D eigenvalue weighted by Gasteiger charge is 2.17. The number of nitrogens with zero attached hydrogens (tertiary/aromatic N) is 1. The summed E-state index contributed by atoms with van der Waals surface area (Å²) in [5, 5.41) is 0. The first-order valence-electron chi connectivity index (χ1n) is 4.93. The van der Waals surface area contributed by atoms with E-state index >= 15 is 0 Å². The Hall–Kier alpha value is -0.410. The van der Waals surface area contributed by atoms with Crippen LogP contribution in [0.4, 0.5) is 0 Å². The number of carbonyl (C=O) groups is 1. The van der Waals surface area contributed by atoms with E-state index in [0.29, 0.717) is 6.42 Å². The van der Waals surface area contributed by atoms with Gasteiger partial charge in [-0.25, -0.2) is 0 Å². The van der Waals surface area contributed by atoms with Gasteiger partial charge in [-0.15, -0.1) is 0 Å². The van der Waals surface area contributed by atoms with Crippen molar-refractivity contribution in [2.24, 2.45) is 5.73 Å². The topological polar surface area (TPSA) is 46.3 Å². The van der Waals surface area contributed by atoms with E-state index in [1.807, 2.05) is 6.92 Å². The molecule has 0 aromatic heterocycles. The van der Waals surface area contributed by atoms with Gasteiger partial charge in [0.15, 0.2) is 0 Å². The van der Waals surface area contributed by atoms with Gasteiger partial charge in [0.1, 0.15) is 6.29 Å². The highest BCUT2D eigenvalue weighted by atomic mass is 16.1. The molecule has 0 aliphatic carbocycles. The average molecular weight is 186 g/mol. The lowest BCUT2D eigenvalue weighted by Crippen LogP contribution is -2.39. The van der Waals surface area contributed by atoms with Crippen LogP contribution in [-0.2, 0) is 4.79 Å². The van der Waals surface area contributed by atoms with Crippen LogP contribution in [0.15, 0.2) is 0 Å². The molecule has 1 atom stereocenters. The summed E-state index contributed by atoms with van der Waals surface area (Å²) in [6.45, 7) is 6.19. The van der Waals surface area contributed by atoms with Gasteiger partial charge in [-0.2, -0.15) is 0 Å². The molecule has 3 nitrogen and oxygen atoms in total. The lowest BCUT2D eigenvalue weighted by Gasteiger charge is -2.26. The fraction of sp³-hybridized carbons (Fsp3) is 0.900. The van der Waals surface area contributed by atoms with Crippen LogP contribution in [0, 0.1) is 0 Å². The molecule has 0 fully saturated rings. The first-order chi connectivity index (χ1) is 6.02. The smallest absolute Gasteiger partial charge is 0.120 e. The molecule has 78 valence electrons. The van der Waals surface area contributed by atoms with Crippen LogP contribution in [-0.4, -0.2) is 36.9 Å². The number of hydrogen-bond donors (Lipinski definition) is 1. The highest BCUT2D eigenvalue weighted by molar-refractivity contribution is 5.49. The molecule has 0 bridgehead atoms. The minimum Gasteiger partial charge on any atom is -0.325 e. The lowest BCUT2D eigenvalue weighted by atomic mass is 9.93. The molecule has 0 saturated carbocycles. The molecule has 1 unspecified atom stereocenters. The van der Waals surface area contributed by atoms with E-state index in [2.05, 4.69) is 18.9 Å². The van der Waals surface area contributed by atoms with Crippen LogP contribution in [0.2, 0.25) is 0 Å². The minimum absolute atomic E-state index is 0.190. The quantitative estimate of drug-likeness (QED) is 0.604. The van der Waals surface area contributed by atoms with Gasteiger partial charge in [-0.1, -0.05) is 6.92 Å². The van der Waals surface area contributed by atoms with Crippen LogP contribution in [0.5, 0.6) is 0 Å². The maximum absolute atomic E-state index is 10.2. The molecule has 0 aromatic rings. The summed E-state index contributed by atoms with van der Waals surface area (Å²) in [5.41, 5.74) is 5.83. The molecule has 0 aliphatic rings. The van der Waals surface area contributed by atoms with Crippen molar-refractivity contribution in [2.45, 2.75) is 38.6 Å². The molecular weight excluding hydrogens is 164 g/mol. The molecular formula is C10H22N2O. The van der Waals surface area contributed by atoms with Gasteiger partial charge < -0.3 is 15.4 Å². The van der Waals surface area contributed by atoms with Crippen molar-refractivity contribution in [1.29, 1.82) is 0 Å². The van der Waals surface area contributed by atoms with Crippen molar-refractivity contribution >= 4 is 6.29 Å². The Labute approximate surface area is 81.3 Å². The zero-order valence-corrected chi connectivity index (χ0v) is 9.05. The number of hydrogen-bond acceptors (Lipinski definition) is 3. The Balaban J connectivity index is 3.67. The zero-order valence-electron chi connectivity index (χ0n) is 9.05. The molecule has 0 rings (SSSR count). The monoisotopic (exact) mass is 186 g/mol. The van der Waals surface area contributed by atoms with E-state index in [-0.39, 0.29) is 5.54 Å². The summed E-state index contributed by atoms with van der Waals surface area (Å²) < 4.78 is 0. The predicted molar refractivity (Wildman–Crippen MR) is 55.7 cm³/mol. The second-order valence-corrected chi connectivity index (χ2v) is 4.01. The summed E-state index contributed by atoms with van der Waals surface area (Å²) in [6, 6.07) is 0. The van der Waals surface area contributed by atoms with Crippen LogP contribution < -0.4 is 5.73 Å². The maximum Gasteiger partial charge on any atom is 0.120 e. The highest BCUT2D eigenvalue weighted by Crippen LogP contribution is 2.12. The molecule has 0 amide bonds. The molecule has 0 saturated heterocycles. The minimum atomic E-state index is -0.190. The third kappa shape index (κ3) is 6.72. The zero-order chi connectivity index (χ0) is 10.3. The van der Waals surface area contributed by atoms with E-state index in [4.69, 9.17) is 5.73 Å². The Morgan fingerprint density at radius 3 is 2.54 bits per heavy atom. The van der Waals surface area contributed by atoms with Gasteiger partial charge in [0.2, 0.25) is 0 Å². The molecule has 0 aromatic carbocycles. The third-order valence-electron chi connectivity index (χ3n) is 2.44. The van der Waals surface area contributed by atoms with Crippen LogP contribution >= 0.6 is 0 Å². The van der Waals surface area contributed by atoms with Gasteiger partial charge >= 0.3 is 0 Å². The van der Waals surface area contributed by atoms with Crippen LogP contribution in [0.25, 0.3) is 0 Å². The largest absolute Gasteiger partial charge is 0.325 e. The second-order valence-electron chi connectivity index (χ2n) is 4.01. The van der Waals surface area contributed by atoms with E-state index in [9.17, 15) is 4.79 Å². The van der Waals surface area contributed by atoms with E-state index in [1.165, 1.54) is 0 Å². The summed E-state index contributed by atoms with van der Waals surface area (Å²) in [6.07, 6.45) is 3.25. The predicted octanol–water partition coefficient (Wildman–Crippen LogP) is 1.02. The maximum atomic E-state index is 10.2. The van der Waals surface area contributed by atoms with Gasteiger partial charge in [0.05, 0.1) is 0 Å². The van der Waals surface area contributed by atoms with Crippen molar-refractivity contribution < 1.29 is 4.79 Å². The Bertz CT molecular complexity index is 146. The summed E-state index contributed by atoms with van der Waals surface area (Å²) in [4.78, 5) is 12.4. The van der Waals surface area contributed by atoms with Crippen LogP contribution in [0.1, 0.15) is 33.1 Å². The van der Waals surface area contributed by atoms with Crippen molar-refractivity contribution in [3.8, 4) is 0 Å². The Kier molecular flexibility index (Phi) is 5.91. The van der Waals surface area contributed by atoms with Gasteiger partial charge in [-0.3, -0.25) is 0 Å². The third-order valence-corrected chi connectivity index (χ3v) is 2.44. The summed E-state index contributed by atoms with van der Waals surface area (Å²) in [5.74, 6) is 0. The summed E-state index contributed by atoms with van der Waals surface area (Å²) >= 11 is 0. The molecule has 0 spiro atoms. The Morgan fingerprint density at radius 1 is 1.46 bits per heavy atom. The fourth-order valence-corrected chi connectivity index (χ4v) is 1.12. The standard InChI is InChI=1S/C10H22N2O/c1-4-12(3)8-7-10(2,11)6-5-9-13/h9H,4-8,11H2,1-3H3. The first kappa shape index (κ1) is 12.6.